The summed E-state index contributed by atoms with van der Waals surface area (Å²) in [6, 6.07) is 13.0. The van der Waals surface area contributed by atoms with E-state index in [1.54, 1.807) is 18.2 Å². The van der Waals surface area contributed by atoms with Crippen LogP contribution in [-0.2, 0) is 0 Å². The number of rotatable bonds is 2. The summed E-state index contributed by atoms with van der Waals surface area (Å²) in [7, 11) is 0. The molecule has 0 aliphatic heterocycles. The average molecular weight is 326 g/mol. The van der Waals surface area contributed by atoms with Crippen LogP contribution in [0.2, 0.25) is 0 Å². The molecule has 0 aliphatic rings. The molecule has 0 atom stereocenters. The fourth-order valence-electron chi connectivity index (χ4n) is 1.26. The number of halogens is 1. The largest absolute Gasteiger partial charge is 0.457 e. The Hall–Kier alpha value is -1.43. The van der Waals surface area contributed by atoms with Crippen LogP contribution in [0.3, 0.4) is 0 Å². The molecule has 0 aromatic heterocycles. The van der Waals surface area contributed by atoms with Gasteiger partial charge in [-0.2, -0.15) is 0 Å². The highest BCUT2D eigenvalue weighted by atomic mass is 127. The predicted molar refractivity (Wildman–Crippen MR) is 74.5 cm³/mol. The Morgan fingerprint density at radius 1 is 0.812 bits per heavy atom. The zero-order valence-electron chi connectivity index (χ0n) is 8.48. The molecule has 16 heavy (non-hydrogen) atoms. The Balaban J connectivity index is 2.20. The van der Waals surface area contributed by atoms with Gasteiger partial charge in [0, 0.05) is 9.64 Å². The lowest BCUT2D eigenvalue weighted by Gasteiger charge is -2.07. The molecule has 4 heteroatoms. The van der Waals surface area contributed by atoms with Crippen LogP contribution in [-0.4, -0.2) is 0 Å². The minimum atomic E-state index is 0.531. The van der Waals surface area contributed by atoms with Crippen molar-refractivity contribution in [2.75, 3.05) is 11.5 Å². The molecule has 2 aromatic carbocycles. The lowest BCUT2D eigenvalue weighted by atomic mass is 10.2. The van der Waals surface area contributed by atoms with Gasteiger partial charge in [-0.1, -0.05) is 0 Å². The molecule has 3 nitrogen and oxygen atoms in total. The maximum atomic E-state index is 5.69. The second-order valence-electron chi connectivity index (χ2n) is 3.35. The molecule has 0 saturated carbocycles. The van der Waals surface area contributed by atoms with Crippen LogP contribution in [0.5, 0.6) is 11.5 Å². The van der Waals surface area contributed by atoms with E-state index < -0.39 is 0 Å². The normalized spacial score (nSPS) is 10.1. The van der Waals surface area contributed by atoms with E-state index in [0.717, 1.165) is 5.75 Å². The molecule has 0 bridgehead atoms. The Bertz CT molecular complexity index is 497. The standard InChI is InChI=1S/C12H11IN2O/c13-8-1-3-9(4-2-8)16-10-5-6-11(14)12(15)7-10/h1-7H,14-15H2. The van der Waals surface area contributed by atoms with Gasteiger partial charge in [-0.05, 0) is 59.0 Å². The fourth-order valence-corrected chi connectivity index (χ4v) is 1.61. The SMILES string of the molecule is Nc1ccc(Oc2ccc(I)cc2)cc1N. The van der Waals surface area contributed by atoms with Crippen molar-refractivity contribution in [1.29, 1.82) is 0 Å². The first-order valence-electron chi connectivity index (χ1n) is 4.73. The summed E-state index contributed by atoms with van der Waals surface area (Å²) in [6.45, 7) is 0. The average Bonchev–Trinajstić information content (AvgIpc) is 2.27. The second kappa shape index (κ2) is 4.61. The lowest BCUT2D eigenvalue weighted by molar-refractivity contribution is 0.483. The molecule has 4 N–H and O–H groups in total. The summed E-state index contributed by atoms with van der Waals surface area (Å²) in [6.07, 6.45) is 0. The van der Waals surface area contributed by atoms with E-state index in [-0.39, 0.29) is 0 Å². The molecule has 0 saturated heterocycles. The van der Waals surface area contributed by atoms with E-state index in [1.807, 2.05) is 24.3 Å². The number of ether oxygens (including phenoxy) is 1. The lowest BCUT2D eigenvalue weighted by Crippen LogP contribution is -1.94. The Kier molecular flexibility index (Phi) is 3.19. The first-order valence-corrected chi connectivity index (χ1v) is 5.81. The number of hydrogen-bond donors (Lipinski definition) is 2. The van der Waals surface area contributed by atoms with Gasteiger partial charge in [0.1, 0.15) is 11.5 Å². The summed E-state index contributed by atoms with van der Waals surface area (Å²) in [5.74, 6) is 1.47. The van der Waals surface area contributed by atoms with Crippen molar-refractivity contribution >= 4 is 34.0 Å². The molecule has 0 unspecified atom stereocenters. The van der Waals surface area contributed by atoms with Crippen LogP contribution in [0, 0.1) is 3.57 Å². The Morgan fingerprint density at radius 2 is 1.44 bits per heavy atom. The summed E-state index contributed by atoms with van der Waals surface area (Å²) in [5.41, 5.74) is 12.4. The molecule has 0 fully saturated rings. The van der Waals surface area contributed by atoms with Gasteiger partial charge in [0.2, 0.25) is 0 Å². The number of benzene rings is 2. The first kappa shape index (κ1) is 11.1. The monoisotopic (exact) mass is 326 g/mol. The Morgan fingerprint density at radius 3 is 2.06 bits per heavy atom. The molecular formula is C12H11IN2O. The maximum absolute atomic E-state index is 5.69. The van der Waals surface area contributed by atoms with E-state index in [4.69, 9.17) is 16.2 Å². The van der Waals surface area contributed by atoms with Crippen LogP contribution < -0.4 is 16.2 Å². The zero-order chi connectivity index (χ0) is 11.5. The third-order valence-electron chi connectivity index (χ3n) is 2.11. The summed E-state index contributed by atoms with van der Waals surface area (Å²) < 4.78 is 6.80. The number of nitrogens with two attached hydrogens (primary N) is 2. The van der Waals surface area contributed by atoms with E-state index >= 15 is 0 Å². The molecular weight excluding hydrogens is 315 g/mol. The minimum Gasteiger partial charge on any atom is -0.457 e. The Labute approximate surface area is 108 Å². The fraction of sp³-hybridized carbons (Fsp3) is 0. The van der Waals surface area contributed by atoms with Crippen molar-refractivity contribution in [1.82, 2.24) is 0 Å². The molecule has 0 heterocycles. The minimum absolute atomic E-state index is 0.531. The van der Waals surface area contributed by atoms with Gasteiger partial charge in [-0.3, -0.25) is 0 Å². The number of anilines is 2. The van der Waals surface area contributed by atoms with Crippen LogP contribution in [0.25, 0.3) is 0 Å². The van der Waals surface area contributed by atoms with Crippen molar-refractivity contribution < 1.29 is 4.74 Å². The predicted octanol–water partition coefficient (Wildman–Crippen LogP) is 3.25. The van der Waals surface area contributed by atoms with Crippen molar-refractivity contribution in [2.45, 2.75) is 0 Å². The molecule has 2 aromatic rings. The van der Waals surface area contributed by atoms with Crippen molar-refractivity contribution in [3.63, 3.8) is 0 Å². The second-order valence-corrected chi connectivity index (χ2v) is 4.59. The van der Waals surface area contributed by atoms with Gasteiger partial charge in [0.05, 0.1) is 11.4 Å². The van der Waals surface area contributed by atoms with Gasteiger partial charge < -0.3 is 16.2 Å². The molecule has 0 spiro atoms. The van der Waals surface area contributed by atoms with E-state index in [9.17, 15) is 0 Å². The molecule has 82 valence electrons. The maximum Gasteiger partial charge on any atom is 0.129 e. The summed E-state index contributed by atoms with van der Waals surface area (Å²) >= 11 is 2.25. The van der Waals surface area contributed by atoms with Gasteiger partial charge in [-0.15, -0.1) is 0 Å². The smallest absolute Gasteiger partial charge is 0.129 e. The molecule has 0 amide bonds. The third kappa shape index (κ3) is 2.57. The quantitative estimate of drug-likeness (QED) is 0.658. The van der Waals surface area contributed by atoms with Gasteiger partial charge in [0.15, 0.2) is 0 Å². The van der Waals surface area contributed by atoms with Crippen LogP contribution in [0.1, 0.15) is 0 Å². The van der Waals surface area contributed by atoms with Crippen LogP contribution in [0.4, 0.5) is 11.4 Å². The highest BCUT2D eigenvalue weighted by Crippen LogP contribution is 2.26. The van der Waals surface area contributed by atoms with Gasteiger partial charge in [-0.25, -0.2) is 0 Å². The van der Waals surface area contributed by atoms with Gasteiger partial charge >= 0.3 is 0 Å². The van der Waals surface area contributed by atoms with Crippen molar-refractivity contribution in [3.8, 4) is 11.5 Å². The number of hydrogen-bond acceptors (Lipinski definition) is 3. The first-order chi connectivity index (χ1) is 7.65. The third-order valence-corrected chi connectivity index (χ3v) is 2.83. The highest BCUT2D eigenvalue weighted by molar-refractivity contribution is 14.1. The van der Waals surface area contributed by atoms with Crippen molar-refractivity contribution in [3.05, 3.63) is 46.0 Å². The molecule has 0 radical (unpaired) electrons. The highest BCUT2D eigenvalue weighted by Gasteiger charge is 2.00. The number of nitrogen functional groups attached to an aromatic ring is 2. The molecule has 2 rings (SSSR count). The van der Waals surface area contributed by atoms with Gasteiger partial charge in [0.25, 0.3) is 0 Å². The molecule has 0 aliphatic carbocycles. The topological polar surface area (TPSA) is 61.3 Å². The zero-order valence-corrected chi connectivity index (χ0v) is 10.6. The van der Waals surface area contributed by atoms with E-state index in [2.05, 4.69) is 22.6 Å². The summed E-state index contributed by atoms with van der Waals surface area (Å²) in [4.78, 5) is 0. The van der Waals surface area contributed by atoms with E-state index in [1.165, 1.54) is 3.57 Å². The van der Waals surface area contributed by atoms with Crippen molar-refractivity contribution in [2.24, 2.45) is 0 Å². The van der Waals surface area contributed by atoms with Crippen LogP contribution >= 0.6 is 22.6 Å². The van der Waals surface area contributed by atoms with E-state index in [0.29, 0.717) is 17.1 Å². The van der Waals surface area contributed by atoms with Crippen LogP contribution in [0.15, 0.2) is 42.5 Å². The summed E-state index contributed by atoms with van der Waals surface area (Å²) in [5, 5.41) is 0.